The third-order valence-corrected chi connectivity index (χ3v) is 9.83. The van der Waals surface area contributed by atoms with Crippen LogP contribution in [0.15, 0.2) is 58.5 Å². The van der Waals surface area contributed by atoms with Crippen LogP contribution in [-0.4, -0.2) is 68.1 Å². The largest absolute Gasteiger partial charge is 0.417 e. The van der Waals surface area contributed by atoms with E-state index < -0.39 is 39.1 Å². The van der Waals surface area contributed by atoms with Gasteiger partial charge in [0.1, 0.15) is 0 Å². The number of sulfonamides is 1. The average Bonchev–Trinajstić information content (AvgIpc) is 3.21. The van der Waals surface area contributed by atoms with Crippen LogP contribution in [0, 0.1) is 11.3 Å². The van der Waals surface area contributed by atoms with Crippen molar-refractivity contribution >= 4 is 39.1 Å². The van der Waals surface area contributed by atoms with Crippen molar-refractivity contribution in [3.63, 3.8) is 0 Å². The average molecular weight is 646 g/mol. The normalized spacial score (nSPS) is 16.8. The van der Waals surface area contributed by atoms with E-state index >= 15 is 0 Å². The van der Waals surface area contributed by atoms with Gasteiger partial charge in [0.25, 0.3) is 11.8 Å². The quantitative estimate of drug-likeness (QED) is 0.277. The molecule has 2 aliphatic heterocycles. The lowest BCUT2D eigenvalue weighted by Gasteiger charge is -2.34. The Bertz CT molecular complexity index is 1640. The van der Waals surface area contributed by atoms with Gasteiger partial charge in [-0.3, -0.25) is 14.4 Å². The first-order valence-corrected chi connectivity index (χ1v) is 16.0. The molecule has 0 saturated carbocycles. The van der Waals surface area contributed by atoms with E-state index in [1.165, 1.54) is 42.4 Å². The number of amides is 3. The Hall–Kier alpha value is -4.06. The van der Waals surface area contributed by atoms with Gasteiger partial charge in [0.15, 0.2) is 0 Å². The number of carbonyl (C=O) groups is 3. The van der Waals surface area contributed by atoms with Gasteiger partial charge >= 0.3 is 6.18 Å². The highest BCUT2D eigenvalue weighted by Crippen LogP contribution is 2.37. The number of halogens is 3. The van der Waals surface area contributed by atoms with Gasteiger partial charge < -0.3 is 10.2 Å². The molecule has 240 valence electrons. The summed E-state index contributed by atoms with van der Waals surface area (Å²) in [5, 5.41) is 11.6. The lowest BCUT2D eigenvalue weighted by atomic mass is 10.0. The monoisotopic (exact) mass is 645 g/mol. The van der Waals surface area contributed by atoms with E-state index in [-0.39, 0.29) is 27.6 Å². The fourth-order valence-electron chi connectivity index (χ4n) is 5.46. The molecule has 2 heterocycles. The van der Waals surface area contributed by atoms with E-state index in [1.807, 2.05) is 0 Å². The zero-order valence-electron chi connectivity index (χ0n) is 25.0. The van der Waals surface area contributed by atoms with Crippen molar-refractivity contribution in [1.29, 1.82) is 5.26 Å². The van der Waals surface area contributed by atoms with Crippen LogP contribution in [0.25, 0.3) is 0 Å². The second-order valence-electron chi connectivity index (χ2n) is 11.0. The van der Waals surface area contributed by atoms with E-state index in [0.717, 1.165) is 36.8 Å². The van der Waals surface area contributed by atoms with Crippen LogP contribution >= 0.6 is 0 Å². The smallest absolute Gasteiger partial charge is 0.326 e. The SMILES string of the molecule is CC(=O)Nc1ccc(S(=O)(=O)N2CCN(CCCCCCC3=C(C)C(=O)N(c4ccc(C#N)c(C(F)(F)F)c4)C3=O)CC2)cc1. The van der Waals surface area contributed by atoms with Gasteiger partial charge in [-0.2, -0.15) is 22.7 Å². The molecule has 1 fully saturated rings. The van der Waals surface area contributed by atoms with Crippen LogP contribution in [0.5, 0.6) is 0 Å². The van der Waals surface area contributed by atoms with Crippen LogP contribution in [-0.2, 0) is 30.6 Å². The highest BCUT2D eigenvalue weighted by molar-refractivity contribution is 7.89. The fraction of sp³-hybridized carbons (Fsp3) is 0.419. The highest BCUT2D eigenvalue weighted by Gasteiger charge is 2.39. The molecule has 0 atom stereocenters. The van der Waals surface area contributed by atoms with Gasteiger partial charge in [-0.25, -0.2) is 13.3 Å². The maximum Gasteiger partial charge on any atom is 0.417 e. The Morgan fingerprint density at radius 2 is 1.60 bits per heavy atom. The van der Waals surface area contributed by atoms with Gasteiger partial charge in [0, 0.05) is 49.9 Å². The van der Waals surface area contributed by atoms with Gasteiger partial charge in [-0.05, 0) is 75.2 Å². The number of anilines is 2. The molecule has 2 aromatic carbocycles. The van der Waals surface area contributed by atoms with E-state index in [9.17, 15) is 36.0 Å². The second kappa shape index (κ2) is 13.9. The first-order chi connectivity index (χ1) is 21.2. The van der Waals surface area contributed by atoms with Crippen molar-refractivity contribution < 1.29 is 36.0 Å². The summed E-state index contributed by atoms with van der Waals surface area (Å²) in [7, 11) is -3.65. The number of hydrogen-bond acceptors (Lipinski definition) is 7. The van der Waals surface area contributed by atoms with E-state index in [0.29, 0.717) is 50.8 Å². The number of hydrogen-bond donors (Lipinski definition) is 1. The highest BCUT2D eigenvalue weighted by atomic mass is 32.2. The maximum atomic E-state index is 13.4. The summed E-state index contributed by atoms with van der Waals surface area (Å²) < 4.78 is 67.8. The molecule has 1 saturated heterocycles. The fourth-order valence-corrected chi connectivity index (χ4v) is 6.89. The molecule has 0 spiro atoms. The van der Waals surface area contributed by atoms with Gasteiger partial charge in [0.05, 0.1) is 27.8 Å². The third-order valence-electron chi connectivity index (χ3n) is 7.92. The molecule has 3 amide bonds. The number of piperazine rings is 1. The van der Waals surface area contributed by atoms with Crippen molar-refractivity contribution in [3.8, 4) is 6.07 Å². The zero-order valence-corrected chi connectivity index (χ0v) is 25.8. The maximum absolute atomic E-state index is 13.4. The van der Waals surface area contributed by atoms with E-state index in [1.54, 1.807) is 12.1 Å². The zero-order chi connectivity index (χ0) is 32.9. The summed E-state index contributed by atoms with van der Waals surface area (Å²) in [4.78, 5) is 40.1. The van der Waals surface area contributed by atoms with Crippen molar-refractivity contribution in [2.45, 2.75) is 57.0 Å². The summed E-state index contributed by atoms with van der Waals surface area (Å²) in [6.07, 6.45) is -1.39. The minimum atomic E-state index is -4.81. The van der Waals surface area contributed by atoms with Crippen molar-refractivity contribution in [2.24, 2.45) is 0 Å². The Balaban J connectivity index is 1.21. The topological polar surface area (TPSA) is 131 Å². The summed E-state index contributed by atoms with van der Waals surface area (Å²) in [5.41, 5.74) is -1.01. The summed E-state index contributed by atoms with van der Waals surface area (Å²) in [6.45, 7) is 5.55. The molecular weight excluding hydrogens is 611 g/mol. The molecule has 45 heavy (non-hydrogen) atoms. The van der Waals surface area contributed by atoms with Gasteiger partial charge in [-0.15, -0.1) is 0 Å². The predicted octanol–water partition coefficient (Wildman–Crippen LogP) is 4.68. The predicted molar refractivity (Wildman–Crippen MR) is 160 cm³/mol. The minimum Gasteiger partial charge on any atom is -0.326 e. The molecule has 1 N–H and O–H groups in total. The van der Waals surface area contributed by atoms with Gasteiger partial charge in [-0.1, -0.05) is 12.8 Å². The van der Waals surface area contributed by atoms with Gasteiger partial charge in [0.2, 0.25) is 15.9 Å². The Kier molecular flexibility index (Phi) is 10.5. The lowest BCUT2D eigenvalue weighted by molar-refractivity contribution is -0.138. The molecule has 0 radical (unpaired) electrons. The molecule has 0 aliphatic carbocycles. The molecule has 14 heteroatoms. The second-order valence-corrected chi connectivity index (χ2v) is 12.9. The number of nitrogens with one attached hydrogen (secondary N) is 1. The summed E-state index contributed by atoms with van der Waals surface area (Å²) in [6, 6.07) is 10.3. The standard InChI is InChI=1S/C31H34F3N5O5S/c1-21-27(30(42)39(29(21)41)25-11-8-23(20-35)28(19-25)31(32,33)34)7-5-3-4-6-14-37-15-17-38(18-16-37)45(43,44)26-12-9-24(10-13-26)36-22(2)40/h8-13,19H,3-7,14-18H2,1-2H3,(H,36,40). The first-order valence-electron chi connectivity index (χ1n) is 14.5. The van der Waals surface area contributed by atoms with Crippen LogP contribution < -0.4 is 10.2 Å². The Morgan fingerprint density at radius 1 is 0.956 bits per heavy atom. The number of carbonyl (C=O) groups excluding carboxylic acids is 3. The van der Waals surface area contributed by atoms with Crippen LogP contribution in [0.2, 0.25) is 0 Å². The molecule has 10 nitrogen and oxygen atoms in total. The van der Waals surface area contributed by atoms with E-state index in [2.05, 4.69) is 10.2 Å². The molecule has 2 aromatic rings. The summed E-state index contributed by atoms with van der Waals surface area (Å²) >= 11 is 0. The molecule has 0 unspecified atom stereocenters. The number of nitriles is 1. The lowest BCUT2D eigenvalue weighted by Crippen LogP contribution is -2.48. The number of nitrogens with zero attached hydrogens (tertiary/aromatic N) is 4. The number of benzene rings is 2. The van der Waals surface area contributed by atoms with E-state index in [4.69, 9.17) is 5.26 Å². The number of rotatable bonds is 11. The van der Waals surface area contributed by atoms with Crippen LogP contribution in [0.3, 0.4) is 0 Å². The number of alkyl halides is 3. The van der Waals surface area contributed by atoms with Crippen LogP contribution in [0.4, 0.5) is 24.5 Å². The molecule has 2 aliphatic rings. The Labute approximate surface area is 260 Å². The minimum absolute atomic E-state index is 0.170. The molecular formula is C31H34F3N5O5S. The summed E-state index contributed by atoms with van der Waals surface area (Å²) in [5.74, 6) is -1.56. The number of imide groups is 1. The van der Waals surface area contributed by atoms with Crippen molar-refractivity contribution in [3.05, 3.63) is 64.7 Å². The molecule has 0 aromatic heterocycles. The molecule has 4 rings (SSSR count). The Morgan fingerprint density at radius 3 is 2.20 bits per heavy atom. The van der Waals surface area contributed by atoms with Crippen LogP contribution in [0.1, 0.15) is 57.1 Å². The van der Waals surface area contributed by atoms with Crippen molar-refractivity contribution in [1.82, 2.24) is 9.21 Å². The molecule has 0 bridgehead atoms. The van der Waals surface area contributed by atoms with Crippen molar-refractivity contribution in [2.75, 3.05) is 42.9 Å². The third kappa shape index (κ3) is 7.78. The first kappa shape index (κ1) is 33.8. The number of unbranched alkanes of at least 4 members (excludes halogenated alkanes) is 3.